The molecule has 0 atom stereocenters. The first-order valence-corrected chi connectivity index (χ1v) is 5.68. The molecule has 4 nitrogen and oxygen atoms in total. The molecule has 0 spiro atoms. The summed E-state index contributed by atoms with van der Waals surface area (Å²) in [5.74, 6) is -1.28. The predicted octanol–water partition coefficient (Wildman–Crippen LogP) is 2.37. The van der Waals surface area contributed by atoms with Crippen LogP contribution < -0.4 is 0 Å². The quantitative estimate of drug-likeness (QED) is 0.746. The van der Waals surface area contributed by atoms with E-state index in [9.17, 15) is 15.0 Å². The largest absolute Gasteiger partial charge is 0.504 e. The van der Waals surface area contributed by atoms with E-state index in [4.69, 9.17) is 5.11 Å². The highest BCUT2D eigenvalue weighted by atomic mass is 79.9. The first-order valence-electron chi connectivity index (χ1n) is 4.88. The number of aromatic hydroxyl groups is 2. The van der Waals surface area contributed by atoms with Crippen LogP contribution in [0.15, 0.2) is 16.6 Å². The highest BCUT2D eigenvalue weighted by Gasteiger charge is 2.46. The van der Waals surface area contributed by atoms with Crippen LogP contribution in [0, 0.1) is 0 Å². The van der Waals surface area contributed by atoms with E-state index >= 15 is 0 Å². The van der Waals surface area contributed by atoms with Gasteiger partial charge in [0.05, 0.1) is 10.9 Å². The van der Waals surface area contributed by atoms with Gasteiger partial charge >= 0.3 is 5.97 Å². The van der Waals surface area contributed by atoms with Crippen LogP contribution >= 0.6 is 15.9 Å². The molecule has 86 valence electrons. The number of hydrogen-bond acceptors (Lipinski definition) is 3. The Labute approximate surface area is 101 Å². The molecular weight excluding hydrogens is 276 g/mol. The van der Waals surface area contributed by atoms with Gasteiger partial charge in [0.2, 0.25) is 0 Å². The minimum absolute atomic E-state index is 0.0592. The number of carboxylic acids is 1. The summed E-state index contributed by atoms with van der Waals surface area (Å²) in [6.45, 7) is 0. The fourth-order valence-electron chi connectivity index (χ4n) is 1.90. The Balaban J connectivity index is 2.38. The van der Waals surface area contributed by atoms with E-state index in [0.717, 1.165) is 18.4 Å². The molecule has 0 aliphatic heterocycles. The fraction of sp³-hybridized carbons (Fsp3) is 0.364. The maximum atomic E-state index is 10.7. The number of phenols is 2. The highest BCUT2D eigenvalue weighted by molar-refractivity contribution is 9.10. The van der Waals surface area contributed by atoms with Gasteiger partial charge in [-0.15, -0.1) is 0 Å². The number of carbonyl (C=O) groups is 1. The molecule has 5 heteroatoms. The fourth-order valence-corrected chi connectivity index (χ4v) is 2.35. The summed E-state index contributed by atoms with van der Waals surface area (Å²) in [5, 5.41) is 27.7. The van der Waals surface area contributed by atoms with Crippen molar-refractivity contribution in [3.05, 3.63) is 22.2 Å². The lowest BCUT2D eigenvalue weighted by Gasteiger charge is -2.14. The third-order valence-electron chi connectivity index (χ3n) is 3.00. The third kappa shape index (κ3) is 1.87. The maximum absolute atomic E-state index is 10.7. The van der Waals surface area contributed by atoms with Gasteiger partial charge in [-0.05, 0) is 46.5 Å². The van der Waals surface area contributed by atoms with Crippen LogP contribution in [0.5, 0.6) is 11.5 Å². The van der Waals surface area contributed by atoms with E-state index in [0.29, 0.717) is 4.47 Å². The van der Waals surface area contributed by atoms with Gasteiger partial charge in [0.25, 0.3) is 0 Å². The number of benzene rings is 1. The Hall–Kier alpha value is -1.23. The van der Waals surface area contributed by atoms with Gasteiger partial charge in [-0.2, -0.15) is 0 Å². The van der Waals surface area contributed by atoms with Crippen LogP contribution in [0.3, 0.4) is 0 Å². The molecule has 0 unspecified atom stereocenters. The first kappa shape index (κ1) is 11.3. The number of phenolic OH excluding ortho intramolecular Hbond substituents is 2. The molecule has 0 heterocycles. The lowest BCUT2D eigenvalue weighted by atomic mass is 9.92. The second-order valence-corrected chi connectivity index (χ2v) is 5.03. The summed E-state index contributed by atoms with van der Waals surface area (Å²) in [6.07, 6.45) is 1.66. The summed E-state index contributed by atoms with van der Waals surface area (Å²) < 4.78 is 0.388. The topological polar surface area (TPSA) is 77.8 Å². The van der Waals surface area contributed by atoms with Gasteiger partial charge in [0.15, 0.2) is 11.5 Å². The zero-order valence-corrected chi connectivity index (χ0v) is 9.99. The summed E-state index contributed by atoms with van der Waals surface area (Å²) in [6, 6.07) is 3.11. The van der Waals surface area contributed by atoms with Crippen molar-refractivity contribution in [1.82, 2.24) is 0 Å². The van der Waals surface area contributed by atoms with Crippen molar-refractivity contribution in [1.29, 1.82) is 0 Å². The van der Waals surface area contributed by atoms with E-state index in [-0.39, 0.29) is 23.3 Å². The van der Waals surface area contributed by atoms with Gasteiger partial charge in [-0.1, -0.05) is 0 Å². The van der Waals surface area contributed by atoms with Crippen LogP contribution in [0.25, 0.3) is 0 Å². The van der Waals surface area contributed by atoms with E-state index in [1.54, 1.807) is 6.07 Å². The van der Waals surface area contributed by atoms with Crippen LogP contribution in [-0.2, 0) is 10.2 Å². The van der Waals surface area contributed by atoms with Gasteiger partial charge in [-0.25, -0.2) is 0 Å². The molecule has 0 bridgehead atoms. The average Bonchev–Trinajstić information content (AvgIpc) is 2.93. The molecule has 1 fully saturated rings. The molecule has 0 aromatic heterocycles. The van der Waals surface area contributed by atoms with Crippen molar-refractivity contribution in [3.63, 3.8) is 0 Å². The number of hydrogen-bond donors (Lipinski definition) is 3. The van der Waals surface area contributed by atoms with Crippen molar-refractivity contribution in [2.24, 2.45) is 0 Å². The van der Waals surface area contributed by atoms with Crippen molar-refractivity contribution >= 4 is 21.9 Å². The standard InChI is InChI=1S/C11H11BrO4/c12-7-3-6(4-8(13)10(7)16)11(1-2-11)5-9(14)15/h3-4,13,16H,1-2,5H2,(H,14,15). The smallest absolute Gasteiger partial charge is 0.304 e. The molecule has 1 aliphatic carbocycles. The van der Waals surface area contributed by atoms with Crippen molar-refractivity contribution < 1.29 is 20.1 Å². The monoisotopic (exact) mass is 286 g/mol. The Morgan fingerprint density at radius 3 is 2.44 bits per heavy atom. The molecule has 1 aromatic rings. The van der Waals surface area contributed by atoms with E-state index in [2.05, 4.69) is 15.9 Å². The summed E-state index contributed by atoms with van der Waals surface area (Å²) in [7, 11) is 0. The third-order valence-corrected chi connectivity index (χ3v) is 3.60. The second kappa shape index (κ2) is 3.66. The summed E-state index contributed by atoms with van der Waals surface area (Å²) in [4.78, 5) is 10.7. The van der Waals surface area contributed by atoms with Crippen LogP contribution in [0.4, 0.5) is 0 Å². The van der Waals surface area contributed by atoms with Crippen LogP contribution in [0.2, 0.25) is 0 Å². The zero-order chi connectivity index (χ0) is 11.9. The minimum atomic E-state index is -0.846. The molecule has 0 radical (unpaired) electrons. The second-order valence-electron chi connectivity index (χ2n) is 4.18. The minimum Gasteiger partial charge on any atom is -0.504 e. The normalized spacial score (nSPS) is 17.1. The molecule has 1 saturated carbocycles. The number of rotatable bonds is 3. The first-order chi connectivity index (χ1) is 7.44. The zero-order valence-electron chi connectivity index (χ0n) is 8.40. The predicted molar refractivity (Wildman–Crippen MR) is 60.6 cm³/mol. The number of halogens is 1. The SMILES string of the molecule is O=C(O)CC1(c2cc(O)c(O)c(Br)c2)CC1. The maximum Gasteiger partial charge on any atom is 0.304 e. The van der Waals surface area contributed by atoms with Crippen LogP contribution in [-0.4, -0.2) is 21.3 Å². The van der Waals surface area contributed by atoms with E-state index in [1.807, 2.05) is 0 Å². The van der Waals surface area contributed by atoms with Crippen LogP contribution in [0.1, 0.15) is 24.8 Å². The van der Waals surface area contributed by atoms with Gasteiger partial charge in [0, 0.05) is 5.41 Å². The number of aliphatic carboxylic acids is 1. The number of carboxylic acid groups (broad SMARTS) is 1. The Morgan fingerprint density at radius 1 is 1.38 bits per heavy atom. The van der Waals surface area contributed by atoms with Crippen molar-refractivity contribution in [3.8, 4) is 11.5 Å². The Bertz CT molecular complexity index is 428. The summed E-state index contributed by atoms with van der Waals surface area (Å²) in [5.41, 5.74) is 0.400. The highest BCUT2D eigenvalue weighted by Crippen LogP contribution is 2.53. The molecule has 16 heavy (non-hydrogen) atoms. The molecule has 0 amide bonds. The average molecular weight is 287 g/mol. The lowest BCUT2D eigenvalue weighted by molar-refractivity contribution is -0.137. The van der Waals surface area contributed by atoms with Gasteiger partial charge in [0.1, 0.15) is 0 Å². The molecular formula is C11H11BrO4. The van der Waals surface area contributed by atoms with Crippen molar-refractivity contribution in [2.75, 3.05) is 0 Å². The van der Waals surface area contributed by atoms with Crippen molar-refractivity contribution in [2.45, 2.75) is 24.7 Å². The molecule has 1 aromatic carbocycles. The van der Waals surface area contributed by atoms with Gasteiger partial charge < -0.3 is 15.3 Å². The Morgan fingerprint density at radius 2 is 2.00 bits per heavy atom. The summed E-state index contributed by atoms with van der Waals surface area (Å²) >= 11 is 3.13. The Kier molecular flexibility index (Phi) is 2.58. The molecule has 3 N–H and O–H groups in total. The lowest BCUT2D eigenvalue weighted by Crippen LogP contribution is -2.12. The molecule has 2 rings (SSSR count). The van der Waals surface area contributed by atoms with E-state index in [1.165, 1.54) is 6.07 Å². The van der Waals surface area contributed by atoms with Gasteiger partial charge in [-0.3, -0.25) is 4.79 Å². The van der Waals surface area contributed by atoms with E-state index < -0.39 is 5.97 Å². The molecule has 0 saturated heterocycles. The molecule has 1 aliphatic rings.